The van der Waals surface area contributed by atoms with Crippen LogP contribution in [0, 0.1) is 0 Å². The number of para-hydroxylation sites is 1. The van der Waals surface area contributed by atoms with Crippen molar-refractivity contribution in [1.29, 1.82) is 0 Å². The van der Waals surface area contributed by atoms with Gasteiger partial charge in [0, 0.05) is 21.2 Å². The van der Waals surface area contributed by atoms with Gasteiger partial charge < -0.3 is 4.74 Å². The Balaban J connectivity index is 1.64. The molecule has 5 heteroatoms. The summed E-state index contributed by atoms with van der Waals surface area (Å²) >= 11 is 3.33. The zero-order chi connectivity index (χ0) is 15.4. The van der Waals surface area contributed by atoms with E-state index in [1.165, 1.54) is 0 Å². The summed E-state index contributed by atoms with van der Waals surface area (Å²) in [5.74, 6) is 0.611. The molecule has 0 bridgehead atoms. The van der Waals surface area contributed by atoms with Crippen molar-refractivity contribution in [3.8, 4) is 5.75 Å². The smallest absolute Gasteiger partial charge is 0.271 e. The molecule has 0 atom stereocenters. The number of halogens is 1. The Morgan fingerprint density at radius 2 is 1.95 bits per heavy atom. The molecule has 0 unspecified atom stereocenters. The Bertz CT molecular complexity index is 752. The molecule has 4 nitrogen and oxygen atoms in total. The second kappa shape index (κ2) is 6.58. The van der Waals surface area contributed by atoms with E-state index in [0.717, 1.165) is 21.4 Å². The molecule has 1 amide bonds. The van der Waals surface area contributed by atoms with E-state index in [4.69, 9.17) is 4.74 Å². The highest BCUT2D eigenvalue weighted by molar-refractivity contribution is 9.10. The SMILES string of the molecule is O=C(NN=CC1=Cc2ccccc2OC1)c1ccc(Br)cc1. The lowest BCUT2D eigenvalue weighted by atomic mass is 10.1. The maximum Gasteiger partial charge on any atom is 0.271 e. The van der Waals surface area contributed by atoms with Gasteiger partial charge in [0.15, 0.2) is 0 Å². The van der Waals surface area contributed by atoms with Crippen LogP contribution in [-0.2, 0) is 0 Å². The summed E-state index contributed by atoms with van der Waals surface area (Å²) < 4.78 is 6.54. The highest BCUT2D eigenvalue weighted by Gasteiger charge is 2.09. The lowest BCUT2D eigenvalue weighted by Gasteiger charge is -2.15. The number of nitrogens with one attached hydrogen (secondary N) is 1. The van der Waals surface area contributed by atoms with Crippen molar-refractivity contribution in [2.24, 2.45) is 5.10 Å². The normalized spacial score (nSPS) is 13.2. The minimum absolute atomic E-state index is 0.249. The number of fused-ring (bicyclic) bond motifs is 1. The highest BCUT2D eigenvalue weighted by atomic mass is 79.9. The van der Waals surface area contributed by atoms with Crippen molar-refractivity contribution in [3.05, 3.63) is 69.7 Å². The molecule has 1 aliphatic heterocycles. The number of hydrazone groups is 1. The van der Waals surface area contributed by atoms with Crippen LogP contribution >= 0.6 is 15.9 Å². The van der Waals surface area contributed by atoms with Gasteiger partial charge in [-0.25, -0.2) is 5.43 Å². The first-order chi connectivity index (χ1) is 10.7. The molecule has 3 rings (SSSR count). The Morgan fingerprint density at radius 1 is 1.18 bits per heavy atom. The molecule has 22 heavy (non-hydrogen) atoms. The van der Waals surface area contributed by atoms with E-state index in [2.05, 4.69) is 26.5 Å². The molecule has 2 aromatic rings. The van der Waals surface area contributed by atoms with E-state index in [1.807, 2.05) is 42.5 Å². The molecule has 1 aliphatic rings. The summed E-state index contributed by atoms with van der Waals surface area (Å²) in [5, 5.41) is 3.98. The van der Waals surface area contributed by atoms with Crippen LogP contribution < -0.4 is 10.2 Å². The predicted octanol–water partition coefficient (Wildman–Crippen LogP) is 3.64. The third-order valence-corrected chi connectivity index (χ3v) is 3.69. The number of ether oxygens (including phenoxy) is 1. The fraction of sp³-hybridized carbons (Fsp3) is 0.0588. The molecule has 0 saturated carbocycles. The Kier molecular flexibility index (Phi) is 4.34. The summed E-state index contributed by atoms with van der Waals surface area (Å²) in [4.78, 5) is 11.9. The van der Waals surface area contributed by atoms with Crippen LogP contribution in [0.5, 0.6) is 5.75 Å². The first-order valence-corrected chi connectivity index (χ1v) is 7.53. The lowest BCUT2D eigenvalue weighted by molar-refractivity contribution is 0.0955. The number of benzene rings is 2. The van der Waals surface area contributed by atoms with E-state index in [9.17, 15) is 4.79 Å². The van der Waals surface area contributed by atoms with Gasteiger partial charge >= 0.3 is 0 Å². The van der Waals surface area contributed by atoms with Crippen LogP contribution in [0.2, 0.25) is 0 Å². The summed E-state index contributed by atoms with van der Waals surface area (Å²) in [7, 11) is 0. The van der Waals surface area contributed by atoms with Gasteiger partial charge in [0.2, 0.25) is 0 Å². The molecule has 0 fully saturated rings. The molecule has 0 spiro atoms. The topological polar surface area (TPSA) is 50.7 Å². The van der Waals surface area contributed by atoms with Gasteiger partial charge in [0.05, 0.1) is 6.21 Å². The van der Waals surface area contributed by atoms with Crippen LogP contribution in [-0.4, -0.2) is 18.7 Å². The summed E-state index contributed by atoms with van der Waals surface area (Å²) in [6.45, 7) is 0.439. The zero-order valence-electron chi connectivity index (χ0n) is 11.6. The van der Waals surface area contributed by atoms with Gasteiger partial charge in [-0.15, -0.1) is 0 Å². The summed E-state index contributed by atoms with van der Waals surface area (Å²) in [6, 6.07) is 14.9. The number of rotatable bonds is 3. The Morgan fingerprint density at radius 3 is 2.77 bits per heavy atom. The van der Waals surface area contributed by atoms with E-state index in [1.54, 1.807) is 18.3 Å². The number of hydrogen-bond donors (Lipinski definition) is 1. The van der Waals surface area contributed by atoms with Gasteiger partial charge in [-0.3, -0.25) is 4.79 Å². The third kappa shape index (κ3) is 3.43. The zero-order valence-corrected chi connectivity index (χ0v) is 13.2. The van der Waals surface area contributed by atoms with Gasteiger partial charge in [-0.2, -0.15) is 5.10 Å². The van der Waals surface area contributed by atoms with Crippen LogP contribution in [0.15, 0.2) is 63.7 Å². The van der Waals surface area contributed by atoms with E-state index in [0.29, 0.717) is 12.2 Å². The summed E-state index contributed by atoms with van der Waals surface area (Å²) in [5.41, 5.74) is 4.97. The Hall–Kier alpha value is -2.40. The molecule has 0 aliphatic carbocycles. The van der Waals surface area contributed by atoms with Crippen molar-refractivity contribution < 1.29 is 9.53 Å². The first kappa shape index (κ1) is 14.5. The second-order valence-electron chi connectivity index (χ2n) is 4.75. The molecule has 0 saturated heterocycles. The third-order valence-electron chi connectivity index (χ3n) is 3.16. The van der Waals surface area contributed by atoms with Crippen molar-refractivity contribution in [3.63, 3.8) is 0 Å². The monoisotopic (exact) mass is 356 g/mol. The standard InChI is InChI=1S/C17H13BrN2O2/c18-15-7-5-13(6-8-15)17(21)20-19-10-12-9-14-3-1-2-4-16(14)22-11-12/h1-10H,11H2,(H,20,21). The van der Waals surface area contributed by atoms with Gasteiger partial charge in [-0.1, -0.05) is 34.1 Å². The number of amides is 1. The number of carbonyl (C=O) groups is 1. The minimum atomic E-state index is -0.249. The Labute approximate surface area is 136 Å². The predicted molar refractivity (Wildman–Crippen MR) is 90.0 cm³/mol. The van der Waals surface area contributed by atoms with Crippen LogP contribution in [0.25, 0.3) is 6.08 Å². The summed E-state index contributed by atoms with van der Waals surface area (Å²) in [6.07, 6.45) is 3.60. The second-order valence-corrected chi connectivity index (χ2v) is 5.67. The van der Waals surface area contributed by atoms with E-state index < -0.39 is 0 Å². The van der Waals surface area contributed by atoms with Crippen LogP contribution in [0.3, 0.4) is 0 Å². The minimum Gasteiger partial charge on any atom is -0.488 e. The lowest BCUT2D eigenvalue weighted by Crippen LogP contribution is -2.18. The average Bonchev–Trinajstić information content (AvgIpc) is 2.55. The maximum atomic E-state index is 11.9. The number of nitrogens with zero attached hydrogens (tertiary/aromatic N) is 1. The quantitative estimate of drug-likeness (QED) is 0.674. The van der Waals surface area contributed by atoms with Gasteiger partial charge in [0.25, 0.3) is 5.91 Å². The van der Waals surface area contributed by atoms with Crippen LogP contribution in [0.1, 0.15) is 15.9 Å². The first-order valence-electron chi connectivity index (χ1n) is 6.74. The van der Waals surface area contributed by atoms with Crippen LogP contribution in [0.4, 0.5) is 0 Å². The van der Waals surface area contributed by atoms with E-state index in [-0.39, 0.29) is 5.91 Å². The van der Waals surface area contributed by atoms with Crippen molar-refractivity contribution in [1.82, 2.24) is 5.43 Å². The molecular formula is C17H13BrN2O2. The molecule has 0 radical (unpaired) electrons. The largest absolute Gasteiger partial charge is 0.488 e. The molecule has 110 valence electrons. The molecule has 1 heterocycles. The fourth-order valence-electron chi connectivity index (χ4n) is 2.05. The average molecular weight is 357 g/mol. The van der Waals surface area contributed by atoms with Crippen molar-refractivity contribution in [2.45, 2.75) is 0 Å². The highest BCUT2D eigenvalue weighted by Crippen LogP contribution is 2.24. The number of hydrogen-bond acceptors (Lipinski definition) is 3. The molecule has 2 aromatic carbocycles. The molecule has 0 aromatic heterocycles. The van der Waals surface area contributed by atoms with Crippen molar-refractivity contribution >= 4 is 34.1 Å². The number of carbonyl (C=O) groups excluding carboxylic acids is 1. The molecule has 1 N–H and O–H groups in total. The van der Waals surface area contributed by atoms with E-state index >= 15 is 0 Å². The van der Waals surface area contributed by atoms with Crippen molar-refractivity contribution in [2.75, 3.05) is 6.61 Å². The van der Waals surface area contributed by atoms with Gasteiger partial charge in [0.1, 0.15) is 12.4 Å². The fourth-order valence-corrected chi connectivity index (χ4v) is 2.31. The van der Waals surface area contributed by atoms with Gasteiger partial charge in [-0.05, 0) is 36.4 Å². The molecular weight excluding hydrogens is 344 g/mol. The maximum absolute atomic E-state index is 11.9.